The molecule has 1 heterocycles. The van der Waals surface area contributed by atoms with Gasteiger partial charge in [0.05, 0.1) is 20.8 Å². The minimum absolute atomic E-state index is 0.0976. The Morgan fingerprint density at radius 3 is 2.71 bits per heavy atom. The van der Waals surface area contributed by atoms with Gasteiger partial charge in [-0.25, -0.2) is 0 Å². The zero-order valence-corrected chi connectivity index (χ0v) is 14.0. The number of amides is 1. The lowest BCUT2D eigenvalue weighted by Gasteiger charge is -2.17. The second kappa shape index (κ2) is 7.36. The van der Waals surface area contributed by atoms with Crippen molar-refractivity contribution in [1.29, 1.82) is 0 Å². The predicted molar refractivity (Wildman–Crippen MR) is 93.8 cm³/mol. The number of hydrogen-bond acceptors (Lipinski definition) is 4. The molecule has 1 N–H and O–H groups in total. The van der Waals surface area contributed by atoms with Crippen molar-refractivity contribution in [2.45, 2.75) is 13.0 Å². The molecule has 0 saturated carbocycles. The molecule has 0 atom stereocenters. The highest BCUT2D eigenvalue weighted by Gasteiger charge is 2.23. The zero-order valence-electron chi connectivity index (χ0n) is 14.0. The van der Waals surface area contributed by atoms with Gasteiger partial charge < -0.3 is 19.7 Å². The van der Waals surface area contributed by atoms with Gasteiger partial charge in [-0.1, -0.05) is 24.3 Å². The van der Waals surface area contributed by atoms with Crippen molar-refractivity contribution >= 4 is 11.6 Å². The zero-order chi connectivity index (χ0) is 16.9. The monoisotopic (exact) mass is 326 g/mol. The fourth-order valence-electron chi connectivity index (χ4n) is 3.00. The maximum atomic E-state index is 12.4. The van der Waals surface area contributed by atoms with E-state index >= 15 is 0 Å². The fraction of sp³-hybridized carbons (Fsp3) is 0.316. The van der Waals surface area contributed by atoms with E-state index in [2.05, 4.69) is 11.4 Å². The summed E-state index contributed by atoms with van der Waals surface area (Å²) in [4.78, 5) is 14.3. The van der Waals surface area contributed by atoms with Crippen LogP contribution < -0.4 is 19.7 Å². The first kappa shape index (κ1) is 16.3. The summed E-state index contributed by atoms with van der Waals surface area (Å²) in [5.41, 5.74) is 3.32. The number of rotatable bonds is 6. The molecule has 2 aromatic rings. The number of anilines is 1. The van der Waals surface area contributed by atoms with E-state index in [1.807, 2.05) is 41.3 Å². The van der Waals surface area contributed by atoms with Crippen LogP contribution in [0.3, 0.4) is 0 Å². The van der Waals surface area contributed by atoms with E-state index < -0.39 is 0 Å². The molecular weight excluding hydrogens is 304 g/mol. The molecule has 24 heavy (non-hydrogen) atoms. The van der Waals surface area contributed by atoms with Gasteiger partial charge in [0, 0.05) is 18.8 Å². The molecule has 0 spiro atoms. The summed E-state index contributed by atoms with van der Waals surface area (Å²) in [5, 5.41) is 3.21. The molecule has 1 amide bonds. The highest BCUT2D eigenvalue weighted by Crippen LogP contribution is 2.28. The molecule has 0 aliphatic carbocycles. The lowest BCUT2D eigenvalue weighted by Crippen LogP contribution is -2.36. The number of carbonyl (C=O) groups excluding carboxylic acids is 1. The number of hydrogen-bond donors (Lipinski definition) is 1. The lowest BCUT2D eigenvalue weighted by molar-refractivity contribution is -0.117. The first-order valence-corrected chi connectivity index (χ1v) is 8.03. The Balaban J connectivity index is 1.56. The number of ether oxygens (including phenoxy) is 2. The van der Waals surface area contributed by atoms with Gasteiger partial charge >= 0.3 is 0 Å². The van der Waals surface area contributed by atoms with Crippen LogP contribution in [0.15, 0.2) is 42.5 Å². The van der Waals surface area contributed by atoms with Gasteiger partial charge in [-0.2, -0.15) is 0 Å². The Morgan fingerprint density at radius 1 is 1.12 bits per heavy atom. The first-order chi connectivity index (χ1) is 11.7. The van der Waals surface area contributed by atoms with Crippen LogP contribution in [-0.4, -0.2) is 33.2 Å². The Hall–Kier alpha value is -2.53. The summed E-state index contributed by atoms with van der Waals surface area (Å²) < 4.78 is 10.5. The molecule has 0 aromatic heterocycles. The normalized spacial score (nSPS) is 12.8. The van der Waals surface area contributed by atoms with E-state index in [4.69, 9.17) is 9.47 Å². The summed E-state index contributed by atoms with van der Waals surface area (Å²) in [6.07, 6.45) is 0.928. The number of nitrogens with one attached hydrogen (secondary N) is 1. The number of methoxy groups -OCH3 is 2. The third-order valence-electron chi connectivity index (χ3n) is 4.24. The first-order valence-electron chi connectivity index (χ1n) is 8.03. The van der Waals surface area contributed by atoms with Crippen LogP contribution in [0.5, 0.6) is 11.5 Å². The highest BCUT2D eigenvalue weighted by atomic mass is 16.5. The van der Waals surface area contributed by atoms with E-state index in [-0.39, 0.29) is 5.91 Å². The second-order valence-electron chi connectivity index (χ2n) is 5.72. The number of fused-ring (bicyclic) bond motifs is 1. The molecule has 1 aliphatic rings. The van der Waals surface area contributed by atoms with Gasteiger partial charge in [0.2, 0.25) is 5.91 Å². The average molecular weight is 326 g/mol. The van der Waals surface area contributed by atoms with Crippen LogP contribution >= 0.6 is 0 Å². The molecule has 1 aliphatic heterocycles. The Kier molecular flexibility index (Phi) is 5.01. The van der Waals surface area contributed by atoms with Gasteiger partial charge in [-0.3, -0.25) is 4.79 Å². The van der Waals surface area contributed by atoms with E-state index in [0.717, 1.165) is 24.2 Å². The molecule has 0 radical (unpaired) electrons. The summed E-state index contributed by atoms with van der Waals surface area (Å²) in [6.45, 7) is 1.67. The molecule has 0 fully saturated rings. The standard InChI is InChI=1S/C19H22N2O3/c1-23-17-8-7-14(11-18(17)24-2)12-20-13-19(22)21-10-9-15-5-3-4-6-16(15)21/h3-8,11,20H,9-10,12-13H2,1-2H3. The molecule has 5 heteroatoms. The molecule has 126 valence electrons. The molecule has 5 nitrogen and oxygen atoms in total. The molecule has 3 rings (SSSR count). The molecule has 0 saturated heterocycles. The summed E-state index contributed by atoms with van der Waals surface area (Å²) in [5.74, 6) is 1.49. The van der Waals surface area contributed by atoms with Crippen molar-refractivity contribution in [2.75, 3.05) is 32.2 Å². The summed E-state index contributed by atoms with van der Waals surface area (Å²) >= 11 is 0. The summed E-state index contributed by atoms with van der Waals surface area (Å²) in [7, 11) is 3.23. The lowest BCUT2D eigenvalue weighted by atomic mass is 10.2. The Labute approximate surface area is 142 Å². The minimum Gasteiger partial charge on any atom is -0.493 e. The average Bonchev–Trinajstić information content (AvgIpc) is 3.05. The van der Waals surface area contributed by atoms with Crippen molar-refractivity contribution in [1.82, 2.24) is 5.32 Å². The molecule has 0 unspecified atom stereocenters. The van der Waals surface area contributed by atoms with E-state index in [1.54, 1.807) is 14.2 Å². The van der Waals surface area contributed by atoms with Crippen LogP contribution in [0, 0.1) is 0 Å². The highest BCUT2D eigenvalue weighted by molar-refractivity contribution is 5.96. The number of nitrogens with zero attached hydrogens (tertiary/aromatic N) is 1. The van der Waals surface area contributed by atoms with Crippen molar-refractivity contribution in [2.24, 2.45) is 0 Å². The molecule has 0 bridgehead atoms. The van der Waals surface area contributed by atoms with E-state index in [1.165, 1.54) is 5.56 Å². The smallest absolute Gasteiger partial charge is 0.240 e. The fourth-order valence-corrected chi connectivity index (χ4v) is 3.00. The summed E-state index contributed by atoms with van der Waals surface area (Å²) in [6, 6.07) is 13.8. The minimum atomic E-state index is 0.0976. The van der Waals surface area contributed by atoms with Crippen molar-refractivity contribution in [3.63, 3.8) is 0 Å². The topological polar surface area (TPSA) is 50.8 Å². The van der Waals surface area contributed by atoms with Crippen molar-refractivity contribution in [3.05, 3.63) is 53.6 Å². The van der Waals surface area contributed by atoms with Crippen LogP contribution in [0.25, 0.3) is 0 Å². The molecule has 2 aromatic carbocycles. The van der Waals surface area contributed by atoms with Gasteiger partial charge in [0.1, 0.15) is 0 Å². The van der Waals surface area contributed by atoms with Crippen molar-refractivity contribution in [3.8, 4) is 11.5 Å². The predicted octanol–water partition coefficient (Wildman–Crippen LogP) is 2.38. The Morgan fingerprint density at radius 2 is 1.92 bits per heavy atom. The van der Waals surface area contributed by atoms with Gasteiger partial charge in [-0.15, -0.1) is 0 Å². The van der Waals surface area contributed by atoms with Gasteiger partial charge in [-0.05, 0) is 35.7 Å². The van der Waals surface area contributed by atoms with E-state index in [0.29, 0.717) is 24.6 Å². The van der Waals surface area contributed by atoms with Crippen LogP contribution in [0.2, 0.25) is 0 Å². The molecular formula is C19H22N2O3. The third-order valence-corrected chi connectivity index (χ3v) is 4.24. The number of carbonyl (C=O) groups is 1. The maximum absolute atomic E-state index is 12.4. The third kappa shape index (κ3) is 3.36. The second-order valence-corrected chi connectivity index (χ2v) is 5.72. The number of benzene rings is 2. The van der Waals surface area contributed by atoms with Gasteiger partial charge in [0.25, 0.3) is 0 Å². The van der Waals surface area contributed by atoms with E-state index in [9.17, 15) is 4.79 Å². The van der Waals surface area contributed by atoms with Gasteiger partial charge in [0.15, 0.2) is 11.5 Å². The largest absolute Gasteiger partial charge is 0.493 e. The van der Waals surface area contributed by atoms with Crippen LogP contribution in [-0.2, 0) is 17.8 Å². The number of para-hydroxylation sites is 1. The Bertz CT molecular complexity index is 730. The quantitative estimate of drug-likeness (QED) is 0.885. The maximum Gasteiger partial charge on any atom is 0.240 e. The SMILES string of the molecule is COc1ccc(CNCC(=O)N2CCc3ccccc32)cc1OC. The van der Waals surface area contributed by atoms with Crippen molar-refractivity contribution < 1.29 is 14.3 Å². The van der Waals surface area contributed by atoms with Crippen LogP contribution in [0.1, 0.15) is 11.1 Å². The van der Waals surface area contributed by atoms with Crippen LogP contribution in [0.4, 0.5) is 5.69 Å².